The third-order valence-electron chi connectivity index (χ3n) is 0.469. The molecule has 3 nitrogen and oxygen atoms in total. The molecule has 0 fully saturated rings. The summed E-state index contributed by atoms with van der Waals surface area (Å²) >= 11 is 0. The van der Waals surface area contributed by atoms with Crippen LogP contribution in [-0.4, -0.2) is 10.2 Å². The topological polar surface area (TPSA) is 38.9 Å². The highest BCUT2D eigenvalue weighted by Gasteiger charge is 1.79. The van der Waals surface area contributed by atoms with Crippen molar-refractivity contribution in [2.75, 3.05) is 0 Å². The summed E-state index contributed by atoms with van der Waals surface area (Å²) in [4.78, 5) is 0. The summed E-state index contributed by atoms with van der Waals surface area (Å²) in [5.74, 6) is 0.606. The lowest BCUT2D eigenvalue weighted by molar-refractivity contribution is 0.518. The highest BCUT2D eigenvalue weighted by atomic mass is 19.0. The molecular formula is C3H5FN2O. The van der Waals surface area contributed by atoms with Gasteiger partial charge in [-0.2, -0.15) is 0 Å². The first-order valence-electron chi connectivity index (χ1n) is 1.62. The molecule has 0 atom stereocenters. The number of hydrogen-bond acceptors (Lipinski definition) is 3. The fraction of sp³-hybridized carbons (Fsp3) is 0.333. The lowest BCUT2D eigenvalue weighted by atomic mass is 10.8. The van der Waals surface area contributed by atoms with Gasteiger partial charge in [0.15, 0.2) is 0 Å². The van der Waals surface area contributed by atoms with Gasteiger partial charge in [-0.3, -0.25) is 4.70 Å². The van der Waals surface area contributed by atoms with Gasteiger partial charge in [-0.15, -0.1) is 10.2 Å². The van der Waals surface area contributed by atoms with Gasteiger partial charge in [-0.25, -0.2) is 0 Å². The van der Waals surface area contributed by atoms with Gasteiger partial charge >= 0.3 is 0 Å². The summed E-state index contributed by atoms with van der Waals surface area (Å²) in [5.41, 5.74) is 0. The standard InChI is InChI=1S/C3H4N2O.FH/c1-3-5-4-2-6-3;/h2H,1H3;1H. The molecule has 0 bridgehead atoms. The van der Waals surface area contributed by atoms with Crippen LogP contribution in [0.3, 0.4) is 0 Å². The molecule has 0 aliphatic heterocycles. The molecule has 0 aliphatic rings. The van der Waals surface area contributed by atoms with E-state index in [2.05, 4.69) is 14.6 Å². The minimum atomic E-state index is 0. The normalized spacial score (nSPS) is 7.57. The average molecular weight is 104 g/mol. The minimum absolute atomic E-state index is 0. The van der Waals surface area contributed by atoms with E-state index in [4.69, 9.17) is 0 Å². The Morgan fingerprint density at radius 2 is 2.43 bits per heavy atom. The zero-order valence-corrected chi connectivity index (χ0v) is 3.79. The lowest BCUT2D eigenvalue weighted by Crippen LogP contribution is -1.65. The maximum atomic E-state index is 4.61. The molecule has 4 heteroatoms. The van der Waals surface area contributed by atoms with Crippen LogP contribution in [0.25, 0.3) is 0 Å². The highest BCUT2D eigenvalue weighted by Crippen LogP contribution is 1.82. The number of aryl methyl sites for hydroxylation is 1. The zero-order chi connectivity index (χ0) is 4.41. The van der Waals surface area contributed by atoms with Crippen molar-refractivity contribution in [1.29, 1.82) is 0 Å². The van der Waals surface area contributed by atoms with Crippen LogP contribution in [0.1, 0.15) is 5.89 Å². The molecule has 0 N–H and O–H groups in total. The Balaban J connectivity index is 0.000000360. The van der Waals surface area contributed by atoms with Crippen molar-refractivity contribution < 1.29 is 9.12 Å². The van der Waals surface area contributed by atoms with Crippen molar-refractivity contribution in [3.63, 3.8) is 0 Å². The quantitative estimate of drug-likeness (QED) is 0.482. The molecule has 1 heterocycles. The summed E-state index contributed by atoms with van der Waals surface area (Å²) in [5, 5.41) is 6.91. The number of rotatable bonds is 0. The fourth-order valence-corrected chi connectivity index (χ4v) is 0.228. The van der Waals surface area contributed by atoms with Crippen LogP contribution in [0.15, 0.2) is 10.8 Å². The summed E-state index contributed by atoms with van der Waals surface area (Å²) in [6.07, 6.45) is 1.30. The number of nitrogens with zero attached hydrogens (tertiary/aromatic N) is 2. The van der Waals surface area contributed by atoms with E-state index in [-0.39, 0.29) is 4.70 Å². The van der Waals surface area contributed by atoms with Gasteiger partial charge < -0.3 is 4.42 Å². The van der Waals surface area contributed by atoms with Crippen molar-refractivity contribution >= 4 is 0 Å². The van der Waals surface area contributed by atoms with Crippen LogP contribution in [0.4, 0.5) is 4.70 Å². The number of hydrogen-bond donors (Lipinski definition) is 0. The summed E-state index contributed by atoms with van der Waals surface area (Å²) < 4.78 is 4.61. The third kappa shape index (κ3) is 1.30. The Bertz CT molecular complexity index is 116. The van der Waals surface area contributed by atoms with Crippen molar-refractivity contribution in [1.82, 2.24) is 10.2 Å². The van der Waals surface area contributed by atoms with Crippen molar-refractivity contribution in [2.24, 2.45) is 0 Å². The fourth-order valence-electron chi connectivity index (χ4n) is 0.228. The van der Waals surface area contributed by atoms with E-state index in [1.54, 1.807) is 6.92 Å². The first kappa shape index (κ1) is 6.07. The van der Waals surface area contributed by atoms with Gasteiger partial charge in [0.25, 0.3) is 0 Å². The van der Waals surface area contributed by atoms with E-state index in [1.165, 1.54) is 6.39 Å². The van der Waals surface area contributed by atoms with Crippen molar-refractivity contribution in [3.8, 4) is 0 Å². The molecule has 7 heavy (non-hydrogen) atoms. The van der Waals surface area contributed by atoms with E-state index in [0.29, 0.717) is 5.89 Å². The maximum Gasteiger partial charge on any atom is 0.213 e. The Hall–Kier alpha value is -0.930. The third-order valence-corrected chi connectivity index (χ3v) is 0.469. The van der Waals surface area contributed by atoms with Crippen LogP contribution < -0.4 is 0 Å². The van der Waals surface area contributed by atoms with Gasteiger partial charge in [0, 0.05) is 6.92 Å². The smallest absolute Gasteiger partial charge is 0.213 e. The molecule has 1 aromatic rings. The average Bonchev–Trinajstić information content (AvgIpc) is 1.86. The molecule has 0 amide bonds. The second-order valence-corrected chi connectivity index (χ2v) is 0.958. The van der Waals surface area contributed by atoms with E-state index in [1.807, 2.05) is 0 Å². The molecule has 1 aromatic heterocycles. The Morgan fingerprint density at radius 3 is 2.57 bits per heavy atom. The molecule has 0 aliphatic carbocycles. The molecule has 0 spiro atoms. The summed E-state index contributed by atoms with van der Waals surface area (Å²) in [7, 11) is 0. The Morgan fingerprint density at radius 1 is 1.71 bits per heavy atom. The van der Waals surface area contributed by atoms with Crippen LogP contribution in [0, 0.1) is 6.92 Å². The molecule has 0 radical (unpaired) electrons. The molecular weight excluding hydrogens is 99.0 g/mol. The second-order valence-electron chi connectivity index (χ2n) is 0.958. The van der Waals surface area contributed by atoms with Crippen molar-refractivity contribution in [3.05, 3.63) is 12.3 Å². The van der Waals surface area contributed by atoms with Gasteiger partial charge in [-0.1, -0.05) is 0 Å². The number of halogens is 1. The van der Waals surface area contributed by atoms with Crippen LogP contribution >= 0.6 is 0 Å². The molecule has 0 saturated carbocycles. The first-order chi connectivity index (χ1) is 2.89. The zero-order valence-electron chi connectivity index (χ0n) is 3.79. The molecule has 40 valence electrons. The van der Waals surface area contributed by atoms with Gasteiger partial charge in [0.05, 0.1) is 0 Å². The largest absolute Gasteiger partial charge is 0.428 e. The predicted octanol–water partition coefficient (Wildman–Crippen LogP) is 0.531. The first-order valence-corrected chi connectivity index (χ1v) is 1.62. The monoisotopic (exact) mass is 104 g/mol. The highest BCUT2D eigenvalue weighted by molar-refractivity contribution is 4.60. The summed E-state index contributed by atoms with van der Waals surface area (Å²) in [6, 6.07) is 0. The van der Waals surface area contributed by atoms with Crippen molar-refractivity contribution in [2.45, 2.75) is 6.92 Å². The Labute approximate surface area is 39.7 Å². The molecule has 0 unspecified atom stereocenters. The van der Waals surface area contributed by atoms with Crippen LogP contribution in [0.5, 0.6) is 0 Å². The molecule has 1 rings (SSSR count). The SMILES string of the molecule is Cc1nnco1.F. The second kappa shape index (κ2) is 2.28. The Kier molecular flexibility index (Phi) is 1.98. The van der Waals surface area contributed by atoms with E-state index in [9.17, 15) is 0 Å². The van der Waals surface area contributed by atoms with Gasteiger partial charge in [-0.05, 0) is 0 Å². The predicted molar refractivity (Wildman–Crippen MR) is 21.5 cm³/mol. The molecule has 0 saturated heterocycles. The minimum Gasteiger partial charge on any atom is -0.428 e. The van der Waals surface area contributed by atoms with Crippen LogP contribution in [-0.2, 0) is 0 Å². The summed E-state index contributed by atoms with van der Waals surface area (Å²) in [6.45, 7) is 1.74. The molecule has 0 aromatic carbocycles. The lowest BCUT2D eigenvalue weighted by Gasteiger charge is -1.63. The van der Waals surface area contributed by atoms with Gasteiger partial charge in [0.2, 0.25) is 12.3 Å². The van der Waals surface area contributed by atoms with Crippen LogP contribution in [0.2, 0.25) is 0 Å². The van der Waals surface area contributed by atoms with E-state index in [0.717, 1.165) is 0 Å². The van der Waals surface area contributed by atoms with E-state index >= 15 is 0 Å². The van der Waals surface area contributed by atoms with E-state index < -0.39 is 0 Å². The number of aromatic nitrogens is 2. The maximum absolute atomic E-state index is 4.61. The van der Waals surface area contributed by atoms with Gasteiger partial charge in [0.1, 0.15) is 0 Å².